The van der Waals surface area contributed by atoms with Gasteiger partial charge < -0.3 is 21.1 Å². The number of hydrogen-bond donors (Lipinski definition) is 4. The van der Waals surface area contributed by atoms with E-state index in [0.29, 0.717) is 6.42 Å². The molecule has 0 saturated carbocycles. The molecule has 0 amide bonds. The zero-order chi connectivity index (χ0) is 21.6. The van der Waals surface area contributed by atoms with E-state index in [1.807, 2.05) is 0 Å². The highest BCUT2D eigenvalue weighted by molar-refractivity contribution is 4.77. The molecule has 5 N–H and O–H groups in total. The third-order valence-corrected chi connectivity index (χ3v) is 6.15. The van der Waals surface area contributed by atoms with E-state index in [1.165, 1.54) is 109 Å². The zero-order valence-electron chi connectivity index (χ0n) is 19.5. The molecule has 176 valence electrons. The van der Waals surface area contributed by atoms with Gasteiger partial charge in [0.05, 0.1) is 24.9 Å². The van der Waals surface area contributed by atoms with Crippen molar-refractivity contribution in [3.05, 3.63) is 0 Å². The quantitative estimate of drug-likeness (QED) is 0.158. The molecule has 0 aliphatic carbocycles. The van der Waals surface area contributed by atoms with Crippen LogP contribution in [-0.4, -0.2) is 40.2 Å². The number of aliphatic hydroxyl groups excluding tert-OH is 3. The van der Waals surface area contributed by atoms with Gasteiger partial charge in [-0.2, -0.15) is 0 Å². The van der Waals surface area contributed by atoms with E-state index < -0.39 is 18.2 Å². The summed E-state index contributed by atoms with van der Waals surface area (Å²) in [5.74, 6) is 0. The van der Waals surface area contributed by atoms with Crippen LogP contribution < -0.4 is 5.73 Å². The molecule has 0 saturated heterocycles. The van der Waals surface area contributed by atoms with Gasteiger partial charge in [-0.05, 0) is 6.42 Å². The molecule has 3 unspecified atom stereocenters. The second kappa shape index (κ2) is 22.5. The Morgan fingerprint density at radius 2 is 0.862 bits per heavy atom. The normalized spacial score (nSPS) is 14.8. The summed E-state index contributed by atoms with van der Waals surface area (Å²) in [6.07, 6.45) is 24.3. The summed E-state index contributed by atoms with van der Waals surface area (Å²) in [4.78, 5) is 0. The first-order chi connectivity index (χ1) is 14.1. The van der Waals surface area contributed by atoms with Crippen molar-refractivity contribution in [3.63, 3.8) is 0 Å². The van der Waals surface area contributed by atoms with Gasteiger partial charge in [-0.1, -0.05) is 129 Å². The van der Waals surface area contributed by atoms with Crippen LogP contribution in [0, 0.1) is 0 Å². The fourth-order valence-electron chi connectivity index (χ4n) is 4.00. The number of aliphatic hydroxyl groups is 3. The van der Waals surface area contributed by atoms with Gasteiger partial charge in [-0.3, -0.25) is 0 Å². The first-order valence-electron chi connectivity index (χ1n) is 12.9. The molecule has 4 heteroatoms. The fraction of sp³-hybridized carbons (Fsp3) is 1.00. The van der Waals surface area contributed by atoms with Crippen molar-refractivity contribution in [2.24, 2.45) is 5.73 Å². The first-order valence-corrected chi connectivity index (χ1v) is 12.9. The maximum absolute atomic E-state index is 9.82. The van der Waals surface area contributed by atoms with Crippen LogP contribution in [0.15, 0.2) is 0 Å². The highest BCUT2D eigenvalue weighted by Gasteiger charge is 2.22. The molecule has 0 aliphatic rings. The summed E-state index contributed by atoms with van der Waals surface area (Å²) in [7, 11) is 0. The minimum Gasteiger partial charge on any atom is -0.395 e. The second-order valence-corrected chi connectivity index (χ2v) is 9.06. The van der Waals surface area contributed by atoms with Crippen LogP contribution in [0.25, 0.3) is 0 Å². The molecule has 0 aromatic carbocycles. The third-order valence-electron chi connectivity index (χ3n) is 6.15. The van der Waals surface area contributed by atoms with Gasteiger partial charge in [-0.25, -0.2) is 0 Å². The second-order valence-electron chi connectivity index (χ2n) is 9.06. The predicted octanol–water partition coefficient (Wildman–Crippen LogP) is 5.85. The Hall–Kier alpha value is -0.160. The van der Waals surface area contributed by atoms with Crippen molar-refractivity contribution in [1.29, 1.82) is 0 Å². The van der Waals surface area contributed by atoms with Gasteiger partial charge in [0.15, 0.2) is 0 Å². The highest BCUT2D eigenvalue weighted by atomic mass is 16.3. The molecular weight excluding hydrogens is 362 g/mol. The van der Waals surface area contributed by atoms with Gasteiger partial charge in [0, 0.05) is 0 Å². The van der Waals surface area contributed by atoms with E-state index in [2.05, 4.69) is 6.92 Å². The van der Waals surface area contributed by atoms with Crippen LogP contribution >= 0.6 is 0 Å². The highest BCUT2D eigenvalue weighted by Crippen LogP contribution is 2.15. The number of hydrogen-bond acceptors (Lipinski definition) is 4. The van der Waals surface area contributed by atoms with Gasteiger partial charge in [0.25, 0.3) is 0 Å². The van der Waals surface area contributed by atoms with E-state index in [0.717, 1.165) is 12.8 Å². The van der Waals surface area contributed by atoms with Crippen LogP contribution in [0.3, 0.4) is 0 Å². The van der Waals surface area contributed by atoms with Gasteiger partial charge >= 0.3 is 0 Å². The Morgan fingerprint density at radius 1 is 0.552 bits per heavy atom. The molecule has 29 heavy (non-hydrogen) atoms. The van der Waals surface area contributed by atoms with E-state index in [1.54, 1.807) is 0 Å². The SMILES string of the molecule is CCCCCCCCCCCCCCCCCCCCCC(O)C(O)C(N)CO. The lowest BCUT2D eigenvalue weighted by molar-refractivity contribution is -0.0121. The van der Waals surface area contributed by atoms with Crippen molar-refractivity contribution >= 4 is 0 Å². The van der Waals surface area contributed by atoms with Crippen LogP contribution in [-0.2, 0) is 0 Å². The van der Waals surface area contributed by atoms with Crippen LogP contribution in [0.2, 0.25) is 0 Å². The largest absolute Gasteiger partial charge is 0.395 e. The Bertz CT molecular complexity index is 314. The summed E-state index contributed by atoms with van der Waals surface area (Å²) in [5.41, 5.74) is 5.53. The predicted molar refractivity (Wildman–Crippen MR) is 125 cm³/mol. The van der Waals surface area contributed by atoms with Crippen molar-refractivity contribution in [1.82, 2.24) is 0 Å². The average Bonchev–Trinajstić information content (AvgIpc) is 2.74. The van der Waals surface area contributed by atoms with E-state index in [9.17, 15) is 10.2 Å². The van der Waals surface area contributed by atoms with E-state index in [-0.39, 0.29) is 6.61 Å². The lowest BCUT2D eigenvalue weighted by Gasteiger charge is -2.22. The topological polar surface area (TPSA) is 86.7 Å². The Kier molecular flexibility index (Phi) is 22.4. The Morgan fingerprint density at radius 3 is 1.17 bits per heavy atom. The first kappa shape index (κ1) is 28.8. The molecule has 0 aromatic rings. The van der Waals surface area contributed by atoms with Gasteiger partial charge in [0.2, 0.25) is 0 Å². The molecule has 0 rings (SSSR count). The van der Waals surface area contributed by atoms with Gasteiger partial charge in [-0.15, -0.1) is 0 Å². The molecule has 0 bridgehead atoms. The van der Waals surface area contributed by atoms with Crippen molar-refractivity contribution in [3.8, 4) is 0 Å². The molecular formula is C25H53NO3. The average molecular weight is 416 g/mol. The van der Waals surface area contributed by atoms with Crippen molar-refractivity contribution < 1.29 is 15.3 Å². The summed E-state index contributed by atoms with van der Waals surface area (Å²) in [6, 6.07) is -0.745. The number of unbranched alkanes of at least 4 members (excludes halogenated alkanes) is 18. The minimum absolute atomic E-state index is 0.294. The molecule has 0 spiro atoms. The van der Waals surface area contributed by atoms with Crippen LogP contribution in [0.4, 0.5) is 0 Å². The molecule has 0 radical (unpaired) electrons. The molecule has 0 heterocycles. The molecule has 0 aromatic heterocycles. The van der Waals surface area contributed by atoms with Gasteiger partial charge in [0.1, 0.15) is 0 Å². The van der Waals surface area contributed by atoms with Crippen LogP contribution in [0.1, 0.15) is 135 Å². The lowest BCUT2D eigenvalue weighted by atomic mass is 10.00. The molecule has 0 fully saturated rings. The van der Waals surface area contributed by atoms with Crippen molar-refractivity contribution in [2.45, 2.75) is 154 Å². The number of rotatable bonds is 23. The van der Waals surface area contributed by atoms with E-state index in [4.69, 9.17) is 10.8 Å². The summed E-state index contributed by atoms with van der Waals surface area (Å²) < 4.78 is 0. The Labute approximate surface area is 181 Å². The molecule has 3 atom stereocenters. The zero-order valence-corrected chi connectivity index (χ0v) is 19.5. The minimum atomic E-state index is -1.02. The maximum Gasteiger partial charge on any atom is 0.0971 e. The third kappa shape index (κ3) is 19.5. The summed E-state index contributed by atoms with van der Waals surface area (Å²) >= 11 is 0. The smallest absolute Gasteiger partial charge is 0.0971 e. The Balaban J connectivity index is 3.17. The summed E-state index contributed by atoms with van der Waals surface area (Å²) in [6.45, 7) is 1.99. The monoisotopic (exact) mass is 415 g/mol. The lowest BCUT2D eigenvalue weighted by Crippen LogP contribution is -2.45. The summed E-state index contributed by atoms with van der Waals surface area (Å²) in [5, 5.41) is 28.4. The molecule has 4 nitrogen and oxygen atoms in total. The van der Waals surface area contributed by atoms with Crippen molar-refractivity contribution in [2.75, 3.05) is 6.61 Å². The maximum atomic E-state index is 9.82. The van der Waals surface area contributed by atoms with E-state index >= 15 is 0 Å². The van der Waals surface area contributed by atoms with Crippen LogP contribution in [0.5, 0.6) is 0 Å². The standard InChI is InChI=1S/C25H53NO3/c1-2-3-4-5-6-7-8-9-10-11-12-13-14-15-16-17-18-19-20-21-24(28)25(29)23(26)22-27/h23-25,27-29H,2-22,26H2,1H3. The fourth-order valence-corrected chi connectivity index (χ4v) is 4.00. The molecule has 0 aliphatic heterocycles. The number of nitrogens with two attached hydrogens (primary N) is 1.